The van der Waals surface area contributed by atoms with E-state index in [0.29, 0.717) is 23.9 Å². The lowest BCUT2D eigenvalue weighted by Crippen LogP contribution is -2.26. The largest absolute Gasteiger partial charge is 0.446 e. The van der Waals surface area contributed by atoms with Crippen LogP contribution in [0.1, 0.15) is 23.4 Å². The zero-order valence-electron chi connectivity index (χ0n) is 8.45. The third kappa shape index (κ3) is 0.980. The number of nitrogens with zero attached hydrogens (tertiary/aromatic N) is 1. The first-order chi connectivity index (χ1) is 6.68. The van der Waals surface area contributed by atoms with Gasteiger partial charge in [0, 0.05) is 25.4 Å². The Bertz CT molecular complexity index is 373. The molecule has 2 fully saturated rings. The van der Waals surface area contributed by atoms with Crippen molar-refractivity contribution < 1.29 is 4.42 Å². The van der Waals surface area contributed by atoms with E-state index < -0.39 is 0 Å². The van der Waals surface area contributed by atoms with Crippen LogP contribution in [0.2, 0.25) is 0 Å². The summed E-state index contributed by atoms with van der Waals surface area (Å²) in [5.74, 6) is 2.92. The maximum atomic E-state index is 5.96. The number of nitrogens with one attached hydrogen (secondary N) is 1. The van der Waals surface area contributed by atoms with Gasteiger partial charge in [-0.05, 0) is 12.8 Å². The van der Waals surface area contributed by atoms with Gasteiger partial charge in [-0.2, -0.15) is 0 Å². The van der Waals surface area contributed by atoms with Crippen LogP contribution < -0.4 is 11.1 Å². The summed E-state index contributed by atoms with van der Waals surface area (Å²) in [5, 5.41) is 3.45. The molecule has 0 amide bonds. The van der Waals surface area contributed by atoms with Crippen LogP contribution in [-0.4, -0.2) is 17.6 Å². The summed E-state index contributed by atoms with van der Waals surface area (Å²) in [6.45, 7) is 4.88. The molecule has 3 N–H and O–H groups in total. The van der Waals surface area contributed by atoms with Gasteiger partial charge >= 0.3 is 0 Å². The molecule has 0 bridgehead atoms. The van der Waals surface area contributed by atoms with Gasteiger partial charge in [-0.15, -0.1) is 0 Å². The summed E-state index contributed by atoms with van der Waals surface area (Å²) in [5.41, 5.74) is 7.02. The van der Waals surface area contributed by atoms with E-state index in [2.05, 4.69) is 10.3 Å². The van der Waals surface area contributed by atoms with Crippen LogP contribution in [0.5, 0.6) is 0 Å². The van der Waals surface area contributed by atoms with Crippen molar-refractivity contribution in [2.45, 2.75) is 25.9 Å². The SMILES string of the molecule is Cc1nc(C2NCC3C(N)C23)c(C)o1. The molecule has 1 aromatic heterocycles. The molecule has 14 heavy (non-hydrogen) atoms. The van der Waals surface area contributed by atoms with Crippen molar-refractivity contribution in [1.82, 2.24) is 10.3 Å². The lowest BCUT2D eigenvalue weighted by atomic mass is 10.1. The van der Waals surface area contributed by atoms with Gasteiger partial charge in [0.15, 0.2) is 5.89 Å². The molecule has 1 saturated heterocycles. The number of nitrogens with two attached hydrogens (primary N) is 1. The Labute approximate surface area is 82.9 Å². The van der Waals surface area contributed by atoms with Gasteiger partial charge in [-0.25, -0.2) is 4.98 Å². The Balaban J connectivity index is 1.92. The molecule has 2 heterocycles. The summed E-state index contributed by atoms with van der Waals surface area (Å²) in [6.07, 6.45) is 0. The van der Waals surface area contributed by atoms with E-state index in [1.807, 2.05) is 13.8 Å². The summed E-state index contributed by atoms with van der Waals surface area (Å²) in [6, 6.07) is 0.699. The molecule has 2 aliphatic rings. The lowest BCUT2D eigenvalue weighted by Gasteiger charge is -2.11. The van der Waals surface area contributed by atoms with E-state index in [0.717, 1.165) is 23.9 Å². The fraction of sp³-hybridized carbons (Fsp3) is 0.700. The minimum Gasteiger partial charge on any atom is -0.446 e. The second kappa shape index (κ2) is 2.58. The number of rotatable bonds is 1. The Hall–Kier alpha value is -0.870. The number of oxazole rings is 1. The molecule has 0 aromatic carbocycles. The number of fused-ring (bicyclic) bond motifs is 1. The van der Waals surface area contributed by atoms with Gasteiger partial charge in [0.1, 0.15) is 5.76 Å². The molecule has 4 atom stereocenters. The first-order valence-electron chi connectivity index (χ1n) is 5.11. The van der Waals surface area contributed by atoms with Crippen LogP contribution in [0.4, 0.5) is 0 Å². The maximum absolute atomic E-state index is 5.96. The first-order valence-corrected chi connectivity index (χ1v) is 5.11. The topological polar surface area (TPSA) is 64.1 Å². The van der Waals surface area contributed by atoms with Crippen LogP contribution in [-0.2, 0) is 0 Å². The molecule has 3 rings (SSSR count). The molecular formula is C10H15N3O. The zero-order valence-corrected chi connectivity index (χ0v) is 8.45. The van der Waals surface area contributed by atoms with Gasteiger partial charge in [0.05, 0.1) is 11.7 Å². The van der Waals surface area contributed by atoms with E-state index in [-0.39, 0.29) is 0 Å². The van der Waals surface area contributed by atoms with Crippen molar-refractivity contribution in [1.29, 1.82) is 0 Å². The average molecular weight is 193 g/mol. The minimum atomic E-state index is 0.326. The van der Waals surface area contributed by atoms with Crippen LogP contribution in [0.15, 0.2) is 4.42 Å². The minimum absolute atomic E-state index is 0.326. The van der Waals surface area contributed by atoms with E-state index in [4.69, 9.17) is 10.2 Å². The van der Waals surface area contributed by atoms with Gasteiger partial charge < -0.3 is 15.5 Å². The number of hydrogen-bond donors (Lipinski definition) is 2. The van der Waals surface area contributed by atoms with E-state index >= 15 is 0 Å². The molecule has 4 heteroatoms. The van der Waals surface area contributed by atoms with E-state index in [1.165, 1.54) is 0 Å². The fourth-order valence-electron chi connectivity index (χ4n) is 2.68. The van der Waals surface area contributed by atoms with Crippen molar-refractivity contribution in [2.75, 3.05) is 6.54 Å². The summed E-state index contributed by atoms with van der Waals surface area (Å²) < 4.78 is 5.44. The van der Waals surface area contributed by atoms with Crippen LogP contribution in [0.3, 0.4) is 0 Å². The molecule has 0 radical (unpaired) electrons. The Morgan fingerprint density at radius 3 is 2.79 bits per heavy atom. The molecule has 76 valence electrons. The highest BCUT2D eigenvalue weighted by Gasteiger charge is 2.57. The number of hydrogen-bond acceptors (Lipinski definition) is 4. The van der Waals surface area contributed by atoms with Crippen LogP contribution >= 0.6 is 0 Å². The van der Waals surface area contributed by atoms with Crippen molar-refractivity contribution in [3.05, 3.63) is 17.3 Å². The standard InChI is InChI=1S/C10H15N3O/c1-4-9(13-5(2)14-4)10-7-6(3-12-10)8(7)11/h6-8,10,12H,3,11H2,1-2H3. The second-order valence-corrected chi connectivity index (χ2v) is 4.38. The smallest absolute Gasteiger partial charge is 0.191 e. The molecule has 1 aliphatic heterocycles. The van der Waals surface area contributed by atoms with Gasteiger partial charge in [-0.1, -0.05) is 0 Å². The van der Waals surface area contributed by atoms with Crippen LogP contribution in [0.25, 0.3) is 0 Å². The highest BCUT2D eigenvalue weighted by atomic mass is 16.4. The van der Waals surface area contributed by atoms with E-state index in [9.17, 15) is 0 Å². The third-order valence-corrected chi connectivity index (χ3v) is 3.48. The molecule has 4 unspecified atom stereocenters. The fourth-order valence-corrected chi connectivity index (χ4v) is 2.68. The Kier molecular flexibility index (Phi) is 1.56. The zero-order chi connectivity index (χ0) is 9.87. The molecule has 1 aliphatic carbocycles. The second-order valence-electron chi connectivity index (χ2n) is 4.38. The summed E-state index contributed by atoms with van der Waals surface area (Å²) in [4.78, 5) is 4.42. The highest BCUT2D eigenvalue weighted by Crippen LogP contribution is 2.50. The molecule has 4 nitrogen and oxygen atoms in total. The number of aromatic nitrogens is 1. The van der Waals surface area contributed by atoms with Gasteiger partial charge in [-0.3, -0.25) is 0 Å². The van der Waals surface area contributed by atoms with Crippen LogP contribution in [0, 0.1) is 25.7 Å². The molecule has 1 saturated carbocycles. The maximum Gasteiger partial charge on any atom is 0.191 e. The predicted molar refractivity (Wildman–Crippen MR) is 51.7 cm³/mol. The first kappa shape index (κ1) is 8.44. The molecule has 1 aromatic rings. The Morgan fingerprint density at radius 2 is 2.29 bits per heavy atom. The lowest BCUT2D eigenvalue weighted by molar-refractivity contribution is 0.481. The van der Waals surface area contributed by atoms with Crippen molar-refractivity contribution in [2.24, 2.45) is 17.6 Å². The normalized spacial score (nSPS) is 39.9. The predicted octanol–water partition coefficient (Wildman–Crippen LogP) is 0.509. The van der Waals surface area contributed by atoms with E-state index in [1.54, 1.807) is 0 Å². The highest BCUT2D eigenvalue weighted by molar-refractivity contribution is 5.24. The van der Waals surface area contributed by atoms with Crippen molar-refractivity contribution in [3.63, 3.8) is 0 Å². The quantitative estimate of drug-likeness (QED) is 0.682. The van der Waals surface area contributed by atoms with Crippen molar-refractivity contribution >= 4 is 0 Å². The average Bonchev–Trinajstić information content (AvgIpc) is 2.52. The third-order valence-electron chi connectivity index (χ3n) is 3.48. The van der Waals surface area contributed by atoms with Gasteiger partial charge in [0.2, 0.25) is 0 Å². The summed E-state index contributed by atoms with van der Waals surface area (Å²) in [7, 11) is 0. The van der Waals surface area contributed by atoms with Gasteiger partial charge in [0.25, 0.3) is 0 Å². The molecule has 0 spiro atoms. The summed E-state index contributed by atoms with van der Waals surface area (Å²) >= 11 is 0. The number of aryl methyl sites for hydroxylation is 2. The Morgan fingerprint density at radius 1 is 1.50 bits per heavy atom. The number of piperidine rings is 1. The monoisotopic (exact) mass is 193 g/mol. The van der Waals surface area contributed by atoms with Crippen molar-refractivity contribution in [3.8, 4) is 0 Å². The molecular weight excluding hydrogens is 178 g/mol.